The highest BCUT2D eigenvalue weighted by Crippen LogP contribution is 2.33. The number of aliphatic imine (C=N–C) groups is 1. The average molecular weight is 421 g/mol. The first-order valence-corrected chi connectivity index (χ1v) is 12.4. The Hall–Kier alpha value is -2.30. The van der Waals surface area contributed by atoms with Crippen LogP contribution in [0.5, 0.6) is 0 Å². The summed E-state index contributed by atoms with van der Waals surface area (Å²) in [6.07, 6.45) is 7.99. The molecule has 0 saturated carbocycles. The van der Waals surface area contributed by atoms with E-state index in [4.69, 9.17) is 4.99 Å². The van der Waals surface area contributed by atoms with Gasteiger partial charge in [0, 0.05) is 79.8 Å². The number of carbonyl (C=O) groups excluding carboxylic acids is 1. The summed E-state index contributed by atoms with van der Waals surface area (Å²) in [6.45, 7) is 10.4. The van der Waals surface area contributed by atoms with Crippen molar-refractivity contribution in [2.45, 2.75) is 71.9 Å². The Morgan fingerprint density at radius 1 is 1.16 bits per heavy atom. The van der Waals surface area contributed by atoms with Crippen LogP contribution in [-0.4, -0.2) is 52.3 Å². The van der Waals surface area contributed by atoms with Crippen molar-refractivity contribution >= 4 is 22.6 Å². The largest absolute Gasteiger partial charge is 0.356 e. The molecule has 31 heavy (non-hydrogen) atoms. The van der Waals surface area contributed by atoms with Crippen molar-refractivity contribution in [3.63, 3.8) is 0 Å². The number of rotatable bonds is 4. The van der Waals surface area contributed by atoms with Crippen molar-refractivity contribution < 1.29 is 4.79 Å². The SMILES string of the molecule is CCCCn1c2c(c3cc(C(=O)N4CCC(C)CC4)ccc31)CN(C1=NCCC1)CC2. The van der Waals surface area contributed by atoms with Gasteiger partial charge < -0.3 is 14.4 Å². The Labute approximate surface area is 186 Å². The molecule has 1 aromatic heterocycles. The molecule has 5 heteroatoms. The topological polar surface area (TPSA) is 40.8 Å². The van der Waals surface area contributed by atoms with E-state index in [0.29, 0.717) is 0 Å². The third-order valence-electron chi connectivity index (χ3n) is 7.53. The minimum Gasteiger partial charge on any atom is -0.356 e. The Kier molecular flexibility index (Phi) is 5.77. The Morgan fingerprint density at radius 3 is 2.74 bits per heavy atom. The average Bonchev–Trinajstić information content (AvgIpc) is 3.44. The maximum Gasteiger partial charge on any atom is 0.253 e. The number of hydrogen-bond donors (Lipinski definition) is 0. The molecule has 0 unspecified atom stereocenters. The molecule has 1 amide bonds. The molecule has 3 aliphatic heterocycles. The van der Waals surface area contributed by atoms with Gasteiger partial charge in [0.05, 0.1) is 5.84 Å². The van der Waals surface area contributed by atoms with Crippen molar-refractivity contribution in [3.05, 3.63) is 35.0 Å². The predicted octanol–water partition coefficient (Wildman–Crippen LogP) is 4.86. The van der Waals surface area contributed by atoms with Gasteiger partial charge in [-0.1, -0.05) is 20.3 Å². The van der Waals surface area contributed by atoms with E-state index >= 15 is 0 Å². The lowest BCUT2D eigenvalue weighted by molar-refractivity contribution is 0.0697. The van der Waals surface area contributed by atoms with Crippen LogP contribution in [0.25, 0.3) is 10.9 Å². The van der Waals surface area contributed by atoms with Gasteiger partial charge in [-0.2, -0.15) is 0 Å². The minimum atomic E-state index is 0.205. The van der Waals surface area contributed by atoms with E-state index in [0.717, 1.165) is 76.4 Å². The van der Waals surface area contributed by atoms with E-state index in [-0.39, 0.29) is 5.91 Å². The summed E-state index contributed by atoms with van der Waals surface area (Å²) >= 11 is 0. The number of aryl methyl sites for hydroxylation is 1. The van der Waals surface area contributed by atoms with Crippen LogP contribution in [0, 0.1) is 5.92 Å². The summed E-state index contributed by atoms with van der Waals surface area (Å²) < 4.78 is 2.54. The van der Waals surface area contributed by atoms with Gasteiger partial charge in [-0.15, -0.1) is 0 Å². The molecule has 0 radical (unpaired) electrons. The highest BCUT2D eigenvalue weighted by atomic mass is 16.2. The van der Waals surface area contributed by atoms with Crippen LogP contribution in [0.15, 0.2) is 23.2 Å². The second kappa shape index (κ2) is 8.68. The number of piperidine rings is 1. The van der Waals surface area contributed by atoms with Gasteiger partial charge >= 0.3 is 0 Å². The molecule has 3 aliphatic rings. The third kappa shape index (κ3) is 3.88. The molecule has 1 aromatic carbocycles. The maximum atomic E-state index is 13.3. The van der Waals surface area contributed by atoms with E-state index in [1.54, 1.807) is 0 Å². The molecule has 1 saturated heterocycles. The van der Waals surface area contributed by atoms with Crippen LogP contribution < -0.4 is 0 Å². The lowest BCUT2D eigenvalue weighted by atomic mass is 9.98. The van der Waals surface area contributed by atoms with Crippen LogP contribution in [0.4, 0.5) is 0 Å². The van der Waals surface area contributed by atoms with Crippen LogP contribution in [0.2, 0.25) is 0 Å². The third-order valence-corrected chi connectivity index (χ3v) is 7.53. The monoisotopic (exact) mass is 420 g/mol. The van der Waals surface area contributed by atoms with E-state index in [1.165, 1.54) is 47.3 Å². The van der Waals surface area contributed by atoms with Crippen LogP contribution >= 0.6 is 0 Å². The van der Waals surface area contributed by atoms with Gasteiger partial charge in [0.15, 0.2) is 0 Å². The zero-order valence-corrected chi connectivity index (χ0v) is 19.2. The Balaban J connectivity index is 1.50. The van der Waals surface area contributed by atoms with Crippen LogP contribution in [0.1, 0.15) is 74.0 Å². The fourth-order valence-electron chi connectivity index (χ4n) is 5.55. The van der Waals surface area contributed by atoms with Crippen LogP contribution in [-0.2, 0) is 19.5 Å². The molecular weight excluding hydrogens is 384 g/mol. The van der Waals surface area contributed by atoms with E-state index in [9.17, 15) is 4.79 Å². The highest BCUT2D eigenvalue weighted by Gasteiger charge is 2.28. The number of nitrogens with zero attached hydrogens (tertiary/aromatic N) is 4. The maximum absolute atomic E-state index is 13.3. The molecule has 0 spiro atoms. The quantitative estimate of drug-likeness (QED) is 0.708. The molecule has 0 atom stereocenters. The van der Waals surface area contributed by atoms with Crippen molar-refractivity contribution in [2.75, 3.05) is 26.2 Å². The molecular formula is C26H36N4O. The van der Waals surface area contributed by atoms with E-state index in [2.05, 4.69) is 46.4 Å². The number of fused-ring (bicyclic) bond motifs is 3. The van der Waals surface area contributed by atoms with Crippen molar-refractivity contribution in [3.8, 4) is 0 Å². The summed E-state index contributed by atoms with van der Waals surface area (Å²) in [6, 6.07) is 6.47. The van der Waals surface area contributed by atoms with Crippen molar-refractivity contribution in [1.29, 1.82) is 0 Å². The number of unbranched alkanes of at least 4 members (excludes halogenated alkanes) is 1. The van der Waals surface area contributed by atoms with Crippen molar-refractivity contribution in [2.24, 2.45) is 10.9 Å². The Bertz CT molecular complexity index is 996. The fraction of sp³-hybridized carbons (Fsp3) is 0.615. The van der Waals surface area contributed by atoms with Gasteiger partial charge in [0.1, 0.15) is 0 Å². The number of benzene rings is 1. The smallest absolute Gasteiger partial charge is 0.253 e. The summed E-state index contributed by atoms with van der Waals surface area (Å²) in [5.41, 5.74) is 5.06. The fourth-order valence-corrected chi connectivity index (χ4v) is 5.55. The summed E-state index contributed by atoms with van der Waals surface area (Å²) in [5.74, 6) is 2.22. The zero-order valence-electron chi connectivity index (χ0n) is 19.2. The molecule has 0 bridgehead atoms. The molecule has 5 nitrogen and oxygen atoms in total. The van der Waals surface area contributed by atoms with Gasteiger partial charge in [-0.25, -0.2) is 0 Å². The number of amides is 1. The standard InChI is InChI=1S/C26H36N4O/c1-3-4-13-30-23-8-7-20(26(31)28-14-9-19(2)10-15-28)17-21(23)22-18-29(16-11-24(22)30)25-6-5-12-27-25/h7-8,17,19H,3-6,9-16,18H2,1-2H3. The Morgan fingerprint density at radius 2 is 2.00 bits per heavy atom. The molecule has 4 heterocycles. The number of likely N-dealkylation sites (tertiary alicyclic amines) is 1. The predicted molar refractivity (Wildman–Crippen MR) is 127 cm³/mol. The van der Waals surface area contributed by atoms with Crippen molar-refractivity contribution in [1.82, 2.24) is 14.4 Å². The summed E-state index contributed by atoms with van der Waals surface area (Å²) in [4.78, 5) is 22.6. The van der Waals surface area contributed by atoms with Gasteiger partial charge in [-0.3, -0.25) is 9.79 Å². The molecule has 0 N–H and O–H groups in total. The summed E-state index contributed by atoms with van der Waals surface area (Å²) in [5, 5.41) is 1.28. The first kappa shape index (κ1) is 20.6. The van der Waals surface area contributed by atoms with E-state index < -0.39 is 0 Å². The molecule has 2 aromatic rings. The minimum absolute atomic E-state index is 0.205. The first-order chi connectivity index (χ1) is 15.2. The lowest BCUT2D eigenvalue weighted by Crippen LogP contribution is -2.37. The second-order valence-electron chi connectivity index (χ2n) is 9.71. The first-order valence-electron chi connectivity index (χ1n) is 12.4. The van der Waals surface area contributed by atoms with Gasteiger partial charge in [0.25, 0.3) is 5.91 Å². The highest BCUT2D eigenvalue weighted by molar-refractivity contribution is 5.99. The molecule has 166 valence electrons. The number of aromatic nitrogens is 1. The second-order valence-corrected chi connectivity index (χ2v) is 9.71. The van der Waals surface area contributed by atoms with Gasteiger partial charge in [0.2, 0.25) is 0 Å². The number of amidine groups is 1. The molecule has 0 aliphatic carbocycles. The normalized spacial score (nSPS) is 19.7. The van der Waals surface area contributed by atoms with E-state index in [1.807, 2.05) is 0 Å². The van der Waals surface area contributed by atoms with Crippen LogP contribution in [0.3, 0.4) is 0 Å². The zero-order chi connectivity index (χ0) is 21.4. The molecule has 5 rings (SSSR count). The molecule has 1 fully saturated rings. The number of carbonyl (C=O) groups is 1. The summed E-state index contributed by atoms with van der Waals surface area (Å²) in [7, 11) is 0. The number of hydrogen-bond acceptors (Lipinski definition) is 3. The lowest BCUT2D eigenvalue weighted by Gasteiger charge is -2.30. The van der Waals surface area contributed by atoms with Gasteiger partial charge in [-0.05, 0) is 49.8 Å².